The van der Waals surface area contributed by atoms with Crippen LogP contribution >= 0.6 is 0 Å². The summed E-state index contributed by atoms with van der Waals surface area (Å²) in [5.74, 6) is -0.462. The van der Waals surface area contributed by atoms with E-state index in [2.05, 4.69) is 10.9 Å². The number of carbonyl (C=O) groups is 1. The van der Waals surface area contributed by atoms with Gasteiger partial charge in [0.25, 0.3) is 5.91 Å². The second-order valence-corrected chi connectivity index (χ2v) is 5.13. The highest BCUT2D eigenvalue weighted by Crippen LogP contribution is 2.24. The molecule has 6 heteroatoms. The first kappa shape index (κ1) is 17.3. The molecule has 0 fully saturated rings. The van der Waals surface area contributed by atoms with E-state index in [1.165, 1.54) is 0 Å². The van der Waals surface area contributed by atoms with Crippen LogP contribution in [0.3, 0.4) is 0 Å². The van der Waals surface area contributed by atoms with Gasteiger partial charge in [-0.3, -0.25) is 9.35 Å². The van der Waals surface area contributed by atoms with Crippen LogP contribution in [0.4, 0.5) is 0 Å². The Kier molecular flexibility index (Phi) is 6.48. The van der Waals surface area contributed by atoms with E-state index < -0.39 is 17.3 Å². The minimum atomic E-state index is -2.54. The topological polar surface area (TPSA) is 66.8 Å². The molecule has 21 heavy (non-hydrogen) atoms. The molecule has 1 N–H and O–H groups in total. The van der Waals surface area contributed by atoms with Crippen LogP contribution in [-0.2, 0) is 20.4 Å². The highest BCUT2D eigenvalue weighted by atomic mass is 32.2. The van der Waals surface area contributed by atoms with E-state index in [4.69, 9.17) is 4.55 Å². The van der Waals surface area contributed by atoms with E-state index >= 15 is 0 Å². The minimum Gasteiger partial charge on any atom is -0.282 e. The lowest BCUT2D eigenvalue weighted by atomic mass is 9.97. The molecule has 1 aliphatic rings. The SMILES string of the molecule is C=C1CN(OS(=O)O)C(=O)C(\C=C/C=C(C)/C=C\C)=C1C. The zero-order valence-corrected chi connectivity index (χ0v) is 13.1. The van der Waals surface area contributed by atoms with Crippen molar-refractivity contribution in [2.45, 2.75) is 20.8 Å². The number of hydrogen-bond acceptors (Lipinski definition) is 3. The van der Waals surface area contributed by atoms with Crippen molar-refractivity contribution in [3.63, 3.8) is 0 Å². The summed E-state index contributed by atoms with van der Waals surface area (Å²) < 4.78 is 24.0. The molecule has 0 aliphatic carbocycles. The van der Waals surface area contributed by atoms with Gasteiger partial charge in [0.1, 0.15) is 0 Å². The predicted molar refractivity (Wildman–Crippen MR) is 83.1 cm³/mol. The molecule has 1 unspecified atom stereocenters. The van der Waals surface area contributed by atoms with Crippen molar-refractivity contribution in [1.82, 2.24) is 5.06 Å². The van der Waals surface area contributed by atoms with Gasteiger partial charge in [-0.15, -0.1) is 4.28 Å². The van der Waals surface area contributed by atoms with E-state index in [0.29, 0.717) is 11.1 Å². The Balaban J connectivity index is 3.02. The maximum absolute atomic E-state index is 12.2. The van der Waals surface area contributed by atoms with Crippen molar-refractivity contribution in [2.75, 3.05) is 6.54 Å². The molecule has 0 spiro atoms. The molecular weight excluding hydrogens is 290 g/mol. The van der Waals surface area contributed by atoms with E-state index in [0.717, 1.165) is 16.2 Å². The summed E-state index contributed by atoms with van der Waals surface area (Å²) >= 11 is -2.54. The third-order valence-corrected chi connectivity index (χ3v) is 3.24. The average Bonchev–Trinajstić information content (AvgIpc) is 2.39. The first-order valence-electron chi connectivity index (χ1n) is 6.34. The summed E-state index contributed by atoms with van der Waals surface area (Å²) in [5, 5.41) is 0.841. The summed E-state index contributed by atoms with van der Waals surface area (Å²) in [5.41, 5.74) is 2.84. The Morgan fingerprint density at radius 1 is 1.52 bits per heavy atom. The Morgan fingerprint density at radius 2 is 2.19 bits per heavy atom. The highest BCUT2D eigenvalue weighted by molar-refractivity contribution is 7.74. The Bertz CT molecular complexity index is 584. The van der Waals surface area contributed by atoms with Crippen LogP contribution < -0.4 is 0 Å². The summed E-state index contributed by atoms with van der Waals surface area (Å²) in [4.78, 5) is 12.2. The largest absolute Gasteiger partial charge is 0.325 e. The van der Waals surface area contributed by atoms with Gasteiger partial charge in [0, 0.05) is 5.57 Å². The zero-order chi connectivity index (χ0) is 16.0. The molecule has 0 aromatic carbocycles. The standard InChI is InChI=1S/C15H19NO4S/c1-5-7-11(2)8-6-9-14-13(4)12(3)10-16(15(14)17)20-21(18)19/h5-9H,3,10H2,1-2,4H3,(H,18,19)/b7-5-,9-6-,11-8+. The normalized spacial score (nSPS) is 19.2. The monoisotopic (exact) mass is 309 g/mol. The number of carbonyl (C=O) groups excluding carboxylic acids is 1. The molecule has 1 amide bonds. The lowest BCUT2D eigenvalue weighted by Crippen LogP contribution is -2.38. The summed E-state index contributed by atoms with van der Waals surface area (Å²) in [6, 6.07) is 0. The first-order chi connectivity index (χ1) is 9.86. The van der Waals surface area contributed by atoms with Gasteiger partial charge < -0.3 is 0 Å². The molecule has 0 saturated carbocycles. The van der Waals surface area contributed by atoms with Gasteiger partial charge in [0.2, 0.25) is 0 Å². The Morgan fingerprint density at radius 3 is 2.76 bits per heavy atom. The van der Waals surface area contributed by atoms with Crippen LogP contribution in [0.2, 0.25) is 0 Å². The van der Waals surface area contributed by atoms with Gasteiger partial charge in [0.05, 0.1) is 6.54 Å². The molecule has 114 valence electrons. The second-order valence-electron chi connectivity index (χ2n) is 4.55. The van der Waals surface area contributed by atoms with Crippen molar-refractivity contribution in [3.8, 4) is 0 Å². The van der Waals surface area contributed by atoms with Gasteiger partial charge in [-0.25, -0.2) is 0 Å². The number of amides is 1. The van der Waals surface area contributed by atoms with Gasteiger partial charge in [-0.2, -0.15) is 9.27 Å². The third kappa shape index (κ3) is 4.93. The van der Waals surface area contributed by atoms with Crippen LogP contribution in [0.25, 0.3) is 0 Å². The molecule has 1 heterocycles. The number of rotatable bonds is 5. The maximum Gasteiger partial charge on any atom is 0.325 e. The Labute approximate surface area is 127 Å². The lowest BCUT2D eigenvalue weighted by Gasteiger charge is -2.26. The molecule has 0 aromatic heterocycles. The fourth-order valence-electron chi connectivity index (χ4n) is 1.80. The highest BCUT2D eigenvalue weighted by Gasteiger charge is 2.28. The zero-order valence-electron chi connectivity index (χ0n) is 12.3. The molecule has 1 rings (SSSR count). The molecular formula is C15H19NO4S. The molecule has 0 aromatic rings. The number of hydrogen-bond donors (Lipinski definition) is 1. The molecule has 5 nitrogen and oxygen atoms in total. The molecule has 0 bridgehead atoms. The predicted octanol–water partition coefficient (Wildman–Crippen LogP) is 2.85. The Hall–Kier alpha value is -1.76. The minimum absolute atomic E-state index is 0.0712. The van der Waals surface area contributed by atoms with E-state index in [-0.39, 0.29) is 6.54 Å². The van der Waals surface area contributed by atoms with Crippen LogP contribution in [-0.4, -0.2) is 26.3 Å². The van der Waals surface area contributed by atoms with Crippen molar-refractivity contribution < 1.29 is 17.8 Å². The number of nitrogens with zero attached hydrogens (tertiary/aromatic N) is 1. The third-order valence-electron chi connectivity index (χ3n) is 2.93. The van der Waals surface area contributed by atoms with Crippen LogP contribution in [0.15, 0.2) is 59.3 Å². The van der Waals surface area contributed by atoms with Crippen molar-refractivity contribution in [2.24, 2.45) is 0 Å². The number of hydroxylamine groups is 2. The summed E-state index contributed by atoms with van der Waals surface area (Å²) in [6.45, 7) is 9.56. The average molecular weight is 309 g/mol. The van der Waals surface area contributed by atoms with Crippen LogP contribution in [0.5, 0.6) is 0 Å². The molecule has 1 atom stereocenters. The first-order valence-corrected chi connectivity index (χ1v) is 7.37. The summed E-state index contributed by atoms with van der Waals surface area (Å²) in [7, 11) is 0. The fraction of sp³-hybridized carbons (Fsp3) is 0.267. The van der Waals surface area contributed by atoms with Crippen LogP contribution in [0.1, 0.15) is 20.8 Å². The van der Waals surface area contributed by atoms with Crippen molar-refractivity contribution >= 4 is 17.3 Å². The molecule has 0 saturated heterocycles. The lowest BCUT2D eigenvalue weighted by molar-refractivity contribution is -0.150. The van der Waals surface area contributed by atoms with E-state index in [9.17, 15) is 9.00 Å². The second kappa shape index (κ2) is 7.87. The summed E-state index contributed by atoms with van der Waals surface area (Å²) in [6.07, 6.45) is 9.12. The van der Waals surface area contributed by atoms with E-state index in [1.54, 1.807) is 19.1 Å². The molecule has 1 aliphatic heterocycles. The van der Waals surface area contributed by atoms with Gasteiger partial charge >= 0.3 is 11.4 Å². The van der Waals surface area contributed by atoms with Gasteiger partial charge in [-0.1, -0.05) is 36.5 Å². The van der Waals surface area contributed by atoms with E-state index in [1.807, 2.05) is 32.1 Å². The smallest absolute Gasteiger partial charge is 0.282 e. The van der Waals surface area contributed by atoms with Crippen molar-refractivity contribution in [3.05, 3.63) is 59.3 Å². The fourth-order valence-corrected chi connectivity index (χ4v) is 2.07. The van der Waals surface area contributed by atoms with Crippen LogP contribution in [0, 0.1) is 0 Å². The van der Waals surface area contributed by atoms with Crippen molar-refractivity contribution in [1.29, 1.82) is 0 Å². The maximum atomic E-state index is 12.2. The van der Waals surface area contributed by atoms with Gasteiger partial charge in [0.15, 0.2) is 0 Å². The molecule has 0 radical (unpaired) electrons. The number of allylic oxidation sites excluding steroid dienone is 5. The quantitative estimate of drug-likeness (QED) is 0.626. The van der Waals surface area contributed by atoms with Gasteiger partial charge in [-0.05, 0) is 38.0 Å².